The predicted molar refractivity (Wildman–Crippen MR) is 87.1 cm³/mol. The minimum Gasteiger partial charge on any atom is -0.326 e. The highest BCUT2D eigenvalue weighted by atomic mass is 16.2. The Balaban J connectivity index is 2.01. The van der Waals surface area contributed by atoms with Crippen LogP contribution in [0.15, 0.2) is 24.3 Å². The van der Waals surface area contributed by atoms with Gasteiger partial charge < -0.3 is 11.1 Å². The van der Waals surface area contributed by atoms with Crippen LogP contribution in [0.3, 0.4) is 0 Å². The summed E-state index contributed by atoms with van der Waals surface area (Å²) in [5.74, 6) is 0.0736. The third-order valence-electron chi connectivity index (χ3n) is 4.45. The van der Waals surface area contributed by atoms with Gasteiger partial charge in [0.1, 0.15) is 0 Å². The molecule has 1 amide bonds. The van der Waals surface area contributed by atoms with Gasteiger partial charge >= 0.3 is 0 Å². The molecule has 116 valence electrons. The SMILES string of the molecule is CCC1CCCCN1C(C)C(=O)Nc1cccc(CN)c1. The first-order valence-electron chi connectivity index (χ1n) is 8.01. The van der Waals surface area contributed by atoms with Crippen LogP contribution < -0.4 is 11.1 Å². The Morgan fingerprint density at radius 1 is 1.48 bits per heavy atom. The van der Waals surface area contributed by atoms with E-state index >= 15 is 0 Å². The van der Waals surface area contributed by atoms with Crippen LogP contribution in [0.2, 0.25) is 0 Å². The first-order valence-corrected chi connectivity index (χ1v) is 8.01. The molecular formula is C17H27N3O. The molecule has 1 aliphatic rings. The fourth-order valence-electron chi connectivity index (χ4n) is 3.14. The van der Waals surface area contributed by atoms with Gasteiger partial charge in [-0.15, -0.1) is 0 Å². The normalized spacial score (nSPS) is 21.0. The van der Waals surface area contributed by atoms with E-state index in [0.717, 1.165) is 24.2 Å². The fraction of sp³-hybridized carbons (Fsp3) is 0.588. The van der Waals surface area contributed by atoms with Crippen molar-refractivity contribution in [3.8, 4) is 0 Å². The Hall–Kier alpha value is -1.39. The Kier molecular flexibility index (Phi) is 5.76. The van der Waals surface area contributed by atoms with E-state index in [2.05, 4.69) is 17.1 Å². The molecule has 4 nitrogen and oxygen atoms in total. The third kappa shape index (κ3) is 4.05. The highest BCUT2D eigenvalue weighted by molar-refractivity contribution is 5.94. The lowest BCUT2D eigenvalue weighted by atomic mass is 9.98. The lowest BCUT2D eigenvalue weighted by Gasteiger charge is -2.38. The van der Waals surface area contributed by atoms with E-state index in [1.54, 1.807) is 0 Å². The number of amides is 1. The summed E-state index contributed by atoms with van der Waals surface area (Å²) in [7, 11) is 0. The van der Waals surface area contributed by atoms with Crippen LogP contribution in [0, 0.1) is 0 Å². The van der Waals surface area contributed by atoms with Crippen LogP contribution in [0.1, 0.15) is 45.1 Å². The molecule has 1 heterocycles. The number of hydrogen-bond acceptors (Lipinski definition) is 3. The lowest BCUT2D eigenvalue weighted by Crippen LogP contribution is -2.49. The van der Waals surface area contributed by atoms with E-state index in [4.69, 9.17) is 5.73 Å². The smallest absolute Gasteiger partial charge is 0.241 e. The summed E-state index contributed by atoms with van der Waals surface area (Å²) in [4.78, 5) is 14.8. The molecule has 0 aromatic heterocycles. The summed E-state index contributed by atoms with van der Waals surface area (Å²) in [5, 5.41) is 3.02. The van der Waals surface area contributed by atoms with Crippen molar-refractivity contribution in [2.45, 2.75) is 58.2 Å². The number of rotatable bonds is 5. The Labute approximate surface area is 127 Å². The molecule has 21 heavy (non-hydrogen) atoms. The number of benzene rings is 1. The Morgan fingerprint density at radius 3 is 3.00 bits per heavy atom. The molecule has 2 rings (SSSR count). The lowest BCUT2D eigenvalue weighted by molar-refractivity contribution is -0.122. The fourth-order valence-corrected chi connectivity index (χ4v) is 3.14. The van der Waals surface area contributed by atoms with Gasteiger partial charge in [0.25, 0.3) is 0 Å². The van der Waals surface area contributed by atoms with Crippen LogP contribution in [-0.4, -0.2) is 29.4 Å². The summed E-state index contributed by atoms with van der Waals surface area (Å²) in [6.07, 6.45) is 4.79. The second-order valence-electron chi connectivity index (χ2n) is 5.87. The summed E-state index contributed by atoms with van der Waals surface area (Å²) in [6.45, 7) is 5.73. The van der Waals surface area contributed by atoms with Gasteiger partial charge in [0.05, 0.1) is 6.04 Å². The zero-order valence-corrected chi connectivity index (χ0v) is 13.1. The molecule has 1 fully saturated rings. The van der Waals surface area contributed by atoms with Gasteiger partial charge in [-0.05, 0) is 50.4 Å². The number of anilines is 1. The molecular weight excluding hydrogens is 262 g/mol. The van der Waals surface area contributed by atoms with E-state index in [1.165, 1.54) is 19.3 Å². The quantitative estimate of drug-likeness (QED) is 0.876. The minimum absolute atomic E-state index is 0.0736. The van der Waals surface area contributed by atoms with Crippen molar-refractivity contribution in [3.05, 3.63) is 29.8 Å². The maximum absolute atomic E-state index is 12.5. The molecule has 0 bridgehead atoms. The number of carbonyl (C=O) groups is 1. The standard InChI is InChI=1S/C17H27N3O/c1-3-16-9-4-5-10-20(16)13(2)17(21)19-15-8-6-7-14(11-15)12-18/h6-8,11,13,16H,3-5,9-10,12,18H2,1-2H3,(H,19,21). The van der Waals surface area contributed by atoms with Gasteiger partial charge in [-0.1, -0.05) is 25.5 Å². The monoisotopic (exact) mass is 289 g/mol. The average molecular weight is 289 g/mol. The number of nitrogens with zero attached hydrogens (tertiary/aromatic N) is 1. The first kappa shape index (κ1) is 16.0. The van der Waals surface area contributed by atoms with Crippen molar-refractivity contribution in [2.24, 2.45) is 5.73 Å². The van der Waals surface area contributed by atoms with Crippen molar-refractivity contribution in [2.75, 3.05) is 11.9 Å². The molecule has 0 saturated carbocycles. The van der Waals surface area contributed by atoms with Crippen molar-refractivity contribution in [1.82, 2.24) is 4.90 Å². The van der Waals surface area contributed by atoms with Gasteiger partial charge in [-0.3, -0.25) is 9.69 Å². The van der Waals surface area contributed by atoms with Gasteiger partial charge in [0.15, 0.2) is 0 Å². The maximum atomic E-state index is 12.5. The summed E-state index contributed by atoms with van der Waals surface area (Å²) in [6, 6.07) is 8.21. The largest absolute Gasteiger partial charge is 0.326 e. The summed E-state index contributed by atoms with van der Waals surface area (Å²) < 4.78 is 0. The first-order chi connectivity index (χ1) is 10.2. The molecule has 1 aliphatic heterocycles. The van der Waals surface area contributed by atoms with Crippen LogP contribution >= 0.6 is 0 Å². The molecule has 0 spiro atoms. The predicted octanol–water partition coefficient (Wildman–Crippen LogP) is 2.74. The van der Waals surface area contributed by atoms with E-state index in [-0.39, 0.29) is 11.9 Å². The molecule has 1 aromatic carbocycles. The number of nitrogens with two attached hydrogens (primary N) is 1. The van der Waals surface area contributed by atoms with Crippen molar-refractivity contribution in [1.29, 1.82) is 0 Å². The molecule has 4 heteroatoms. The summed E-state index contributed by atoms with van der Waals surface area (Å²) >= 11 is 0. The number of carbonyl (C=O) groups excluding carboxylic acids is 1. The number of nitrogens with one attached hydrogen (secondary N) is 1. The molecule has 1 saturated heterocycles. The second-order valence-corrected chi connectivity index (χ2v) is 5.87. The third-order valence-corrected chi connectivity index (χ3v) is 4.45. The van der Waals surface area contributed by atoms with E-state index in [0.29, 0.717) is 12.6 Å². The van der Waals surface area contributed by atoms with Crippen LogP contribution in [0.25, 0.3) is 0 Å². The van der Waals surface area contributed by atoms with Crippen LogP contribution in [0.5, 0.6) is 0 Å². The zero-order valence-electron chi connectivity index (χ0n) is 13.1. The highest BCUT2D eigenvalue weighted by Crippen LogP contribution is 2.22. The van der Waals surface area contributed by atoms with Crippen LogP contribution in [-0.2, 0) is 11.3 Å². The van der Waals surface area contributed by atoms with E-state index < -0.39 is 0 Å². The Bertz CT molecular complexity index is 475. The van der Waals surface area contributed by atoms with Gasteiger partial charge in [0, 0.05) is 18.3 Å². The number of hydrogen-bond donors (Lipinski definition) is 2. The zero-order chi connectivity index (χ0) is 15.2. The molecule has 1 aromatic rings. The second kappa shape index (κ2) is 7.57. The number of likely N-dealkylation sites (tertiary alicyclic amines) is 1. The minimum atomic E-state index is -0.0863. The van der Waals surface area contributed by atoms with Crippen molar-refractivity contribution < 1.29 is 4.79 Å². The van der Waals surface area contributed by atoms with Crippen molar-refractivity contribution >= 4 is 11.6 Å². The van der Waals surface area contributed by atoms with Crippen molar-refractivity contribution in [3.63, 3.8) is 0 Å². The van der Waals surface area contributed by atoms with Gasteiger partial charge in [-0.25, -0.2) is 0 Å². The van der Waals surface area contributed by atoms with Gasteiger partial charge in [0.2, 0.25) is 5.91 Å². The average Bonchev–Trinajstić information content (AvgIpc) is 2.54. The topological polar surface area (TPSA) is 58.4 Å². The molecule has 0 radical (unpaired) electrons. The van der Waals surface area contributed by atoms with E-state index in [1.807, 2.05) is 31.2 Å². The maximum Gasteiger partial charge on any atom is 0.241 e. The molecule has 3 N–H and O–H groups in total. The number of piperidine rings is 1. The van der Waals surface area contributed by atoms with E-state index in [9.17, 15) is 4.79 Å². The Morgan fingerprint density at radius 2 is 2.29 bits per heavy atom. The summed E-state index contributed by atoms with van der Waals surface area (Å²) in [5.41, 5.74) is 7.51. The molecule has 2 atom stereocenters. The van der Waals surface area contributed by atoms with Gasteiger partial charge in [-0.2, -0.15) is 0 Å². The molecule has 0 aliphatic carbocycles. The van der Waals surface area contributed by atoms with Crippen LogP contribution in [0.4, 0.5) is 5.69 Å². The highest BCUT2D eigenvalue weighted by Gasteiger charge is 2.29. The molecule has 2 unspecified atom stereocenters.